The summed E-state index contributed by atoms with van der Waals surface area (Å²) < 4.78 is 2.14. The average Bonchev–Trinajstić information content (AvgIpc) is 2.71. The zero-order valence-electron chi connectivity index (χ0n) is 8.70. The van der Waals surface area contributed by atoms with Crippen LogP contribution in [0.2, 0.25) is 0 Å². The van der Waals surface area contributed by atoms with Gasteiger partial charge in [-0.2, -0.15) is 0 Å². The first-order valence-electron chi connectivity index (χ1n) is 5.04. The summed E-state index contributed by atoms with van der Waals surface area (Å²) in [5, 5.41) is 0. The van der Waals surface area contributed by atoms with Crippen molar-refractivity contribution in [2.24, 2.45) is 0 Å². The van der Waals surface area contributed by atoms with Crippen LogP contribution < -0.4 is 0 Å². The Bertz CT molecular complexity index is 413. The molecule has 0 saturated carbocycles. The molecule has 1 heteroatoms. The van der Waals surface area contributed by atoms with Gasteiger partial charge in [-0.05, 0) is 48.7 Å². The quantitative estimate of drug-likeness (QED) is 0.676. The Kier molecular flexibility index (Phi) is 2.40. The fraction of sp³-hybridized carbons (Fsp3) is 0.231. The fourth-order valence-corrected chi connectivity index (χ4v) is 1.71. The molecule has 1 aromatic carbocycles. The lowest BCUT2D eigenvalue weighted by Gasteiger charge is -2.07. The molecule has 0 N–H and O–H groups in total. The van der Waals surface area contributed by atoms with Crippen LogP contribution in [0.5, 0.6) is 0 Å². The Labute approximate surface area is 85.0 Å². The van der Waals surface area contributed by atoms with Crippen LogP contribution in [0.1, 0.15) is 18.1 Å². The van der Waals surface area contributed by atoms with E-state index in [2.05, 4.69) is 49.0 Å². The highest BCUT2D eigenvalue weighted by atomic mass is 14.9. The van der Waals surface area contributed by atoms with Gasteiger partial charge in [0.2, 0.25) is 0 Å². The van der Waals surface area contributed by atoms with Crippen molar-refractivity contribution in [3.05, 3.63) is 53.9 Å². The first kappa shape index (κ1) is 9.07. The Balaban J connectivity index is 2.46. The summed E-state index contributed by atoms with van der Waals surface area (Å²) in [6, 6.07) is 10.7. The van der Waals surface area contributed by atoms with E-state index in [1.807, 2.05) is 12.1 Å². The molecule has 14 heavy (non-hydrogen) atoms. The van der Waals surface area contributed by atoms with E-state index in [1.54, 1.807) is 0 Å². The topological polar surface area (TPSA) is 4.93 Å². The maximum absolute atomic E-state index is 2.26. The zero-order chi connectivity index (χ0) is 9.97. The average molecular weight is 185 g/mol. The molecule has 2 aromatic rings. The first-order valence-corrected chi connectivity index (χ1v) is 5.04. The van der Waals surface area contributed by atoms with Crippen molar-refractivity contribution in [3.8, 4) is 5.69 Å². The summed E-state index contributed by atoms with van der Waals surface area (Å²) in [6.07, 6.45) is 5.25. The molecule has 0 radical (unpaired) electrons. The Morgan fingerprint density at radius 3 is 2.50 bits per heavy atom. The van der Waals surface area contributed by atoms with Crippen LogP contribution in [-0.2, 0) is 6.42 Å². The minimum atomic E-state index is 1.10. The van der Waals surface area contributed by atoms with Crippen LogP contribution in [0, 0.1) is 6.92 Å². The van der Waals surface area contributed by atoms with Gasteiger partial charge in [0.25, 0.3) is 0 Å². The van der Waals surface area contributed by atoms with E-state index in [-0.39, 0.29) is 0 Å². The van der Waals surface area contributed by atoms with E-state index in [0.717, 1.165) is 6.42 Å². The van der Waals surface area contributed by atoms with Gasteiger partial charge in [-0.15, -0.1) is 0 Å². The predicted molar refractivity (Wildman–Crippen MR) is 59.9 cm³/mol. The zero-order valence-corrected chi connectivity index (χ0v) is 8.70. The lowest BCUT2D eigenvalue weighted by molar-refractivity contribution is 1.04. The molecule has 0 aliphatic heterocycles. The molecule has 0 bridgehead atoms. The van der Waals surface area contributed by atoms with Gasteiger partial charge in [-0.25, -0.2) is 0 Å². The lowest BCUT2D eigenvalue weighted by atomic mass is 10.1. The van der Waals surface area contributed by atoms with E-state index >= 15 is 0 Å². The molecule has 0 fully saturated rings. The summed E-state index contributed by atoms with van der Waals surface area (Å²) in [5.74, 6) is 0. The van der Waals surface area contributed by atoms with Crippen molar-refractivity contribution in [2.45, 2.75) is 20.3 Å². The van der Waals surface area contributed by atoms with E-state index < -0.39 is 0 Å². The minimum absolute atomic E-state index is 1.10. The van der Waals surface area contributed by atoms with Crippen LogP contribution in [0.3, 0.4) is 0 Å². The van der Waals surface area contributed by atoms with Crippen molar-refractivity contribution >= 4 is 0 Å². The second-order valence-corrected chi connectivity index (χ2v) is 3.55. The van der Waals surface area contributed by atoms with Crippen LogP contribution in [0.25, 0.3) is 5.69 Å². The van der Waals surface area contributed by atoms with E-state index in [4.69, 9.17) is 0 Å². The number of nitrogens with zero attached hydrogens (tertiary/aromatic N) is 1. The Hall–Kier alpha value is -1.50. The minimum Gasteiger partial charge on any atom is -0.324 e. The molecule has 1 heterocycles. The Morgan fingerprint density at radius 1 is 1.14 bits per heavy atom. The highest BCUT2D eigenvalue weighted by molar-refractivity contribution is 5.40. The molecule has 0 saturated heterocycles. The largest absolute Gasteiger partial charge is 0.324 e. The number of benzene rings is 1. The number of aryl methyl sites for hydroxylation is 2. The maximum Gasteiger partial charge on any atom is 0.0452 e. The Morgan fingerprint density at radius 2 is 1.86 bits per heavy atom. The number of aromatic nitrogens is 1. The van der Waals surface area contributed by atoms with E-state index in [9.17, 15) is 0 Å². The van der Waals surface area contributed by atoms with Crippen LogP contribution in [-0.4, -0.2) is 4.57 Å². The van der Waals surface area contributed by atoms with Gasteiger partial charge in [0.1, 0.15) is 0 Å². The summed E-state index contributed by atoms with van der Waals surface area (Å²) in [5.41, 5.74) is 4.05. The number of hydrogen-bond acceptors (Lipinski definition) is 0. The van der Waals surface area contributed by atoms with Crippen molar-refractivity contribution in [2.75, 3.05) is 0 Å². The molecular weight excluding hydrogens is 170 g/mol. The molecule has 0 amide bonds. The van der Waals surface area contributed by atoms with Gasteiger partial charge < -0.3 is 4.57 Å². The molecule has 0 aliphatic carbocycles. The third kappa shape index (κ3) is 1.58. The van der Waals surface area contributed by atoms with Gasteiger partial charge in [-0.1, -0.05) is 13.0 Å². The summed E-state index contributed by atoms with van der Waals surface area (Å²) in [4.78, 5) is 0. The SMILES string of the molecule is CCc1cc(-n2cccc2)ccc1C. The highest BCUT2D eigenvalue weighted by Crippen LogP contribution is 2.15. The number of hydrogen-bond donors (Lipinski definition) is 0. The predicted octanol–water partition coefficient (Wildman–Crippen LogP) is 3.35. The van der Waals surface area contributed by atoms with E-state index in [0.29, 0.717) is 0 Å². The van der Waals surface area contributed by atoms with Crippen LogP contribution in [0.4, 0.5) is 0 Å². The summed E-state index contributed by atoms with van der Waals surface area (Å²) >= 11 is 0. The van der Waals surface area contributed by atoms with Crippen LogP contribution in [0.15, 0.2) is 42.7 Å². The standard InChI is InChI=1S/C13H15N/c1-3-12-10-13(7-6-11(12)2)14-8-4-5-9-14/h4-10H,3H2,1-2H3. The summed E-state index contributed by atoms with van der Waals surface area (Å²) in [6.45, 7) is 4.36. The fourth-order valence-electron chi connectivity index (χ4n) is 1.71. The summed E-state index contributed by atoms with van der Waals surface area (Å²) in [7, 11) is 0. The van der Waals surface area contributed by atoms with Gasteiger partial charge in [0.05, 0.1) is 0 Å². The monoisotopic (exact) mass is 185 g/mol. The first-order chi connectivity index (χ1) is 6.81. The normalized spacial score (nSPS) is 10.4. The maximum atomic E-state index is 2.26. The second-order valence-electron chi connectivity index (χ2n) is 3.55. The highest BCUT2D eigenvalue weighted by Gasteiger charge is 1.99. The molecule has 1 nitrogen and oxygen atoms in total. The molecule has 0 spiro atoms. The van der Waals surface area contributed by atoms with Gasteiger partial charge in [0.15, 0.2) is 0 Å². The van der Waals surface area contributed by atoms with Gasteiger partial charge in [-0.3, -0.25) is 0 Å². The number of rotatable bonds is 2. The van der Waals surface area contributed by atoms with Crippen molar-refractivity contribution < 1.29 is 0 Å². The molecule has 1 aromatic heterocycles. The van der Waals surface area contributed by atoms with Crippen LogP contribution >= 0.6 is 0 Å². The molecule has 0 aliphatic rings. The van der Waals surface area contributed by atoms with Crippen molar-refractivity contribution in [1.29, 1.82) is 0 Å². The van der Waals surface area contributed by atoms with Gasteiger partial charge >= 0.3 is 0 Å². The van der Waals surface area contributed by atoms with Gasteiger partial charge in [0, 0.05) is 18.1 Å². The van der Waals surface area contributed by atoms with Crippen molar-refractivity contribution in [1.82, 2.24) is 4.57 Å². The molecular formula is C13H15N. The molecule has 0 unspecified atom stereocenters. The van der Waals surface area contributed by atoms with E-state index in [1.165, 1.54) is 16.8 Å². The third-order valence-electron chi connectivity index (χ3n) is 2.62. The molecule has 2 rings (SSSR count). The van der Waals surface area contributed by atoms with Crippen molar-refractivity contribution in [3.63, 3.8) is 0 Å². The lowest BCUT2D eigenvalue weighted by Crippen LogP contribution is -1.93. The molecule has 0 atom stereocenters. The second kappa shape index (κ2) is 3.70. The smallest absolute Gasteiger partial charge is 0.0452 e. The third-order valence-corrected chi connectivity index (χ3v) is 2.62. The molecule has 72 valence electrons.